The number of hydrogen-bond donors (Lipinski definition) is 2. The zero-order valence-corrected chi connectivity index (χ0v) is 11.2. The van der Waals surface area contributed by atoms with Crippen molar-refractivity contribution in [1.82, 2.24) is 5.32 Å². The second-order valence-electron chi connectivity index (χ2n) is 6.76. The minimum absolute atomic E-state index is 0.00814. The molecule has 2 saturated carbocycles. The Balaban J connectivity index is 1.68. The van der Waals surface area contributed by atoms with Crippen LogP contribution in [0.25, 0.3) is 0 Å². The molecule has 0 aromatic carbocycles. The largest absolute Gasteiger partial charge is 0.380 e. The van der Waals surface area contributed by atoms with Gasteiger partial charge in [-0.2, -0.15) is 0 Å². The van der Waals surface area contributed by atoms with Gasteiger partial charge in [0.15, 0.2) is 0 Å². The van der Waals surface area contributed by atoms with Crippen LogP contribution in [0.15, 0.2) is 0 Å². The van der Waals surface area contributed by atoms with Crippen LogP contribution < -0.4 is 5.32 Å². The van der Waals surface area contributed by atoms with Crippen LogP contribution in [0.3, 0.4) is 0 Å². The van der Waals surface area contributed by atoms with Gasteiger partial charge in [0.2, 0.25) is 0 Å². The average Bonchev–Trinajstić information content (AvgIpc) is 2.93. The normalized spacial score (nSPS) is 40.1. The quantitative estimate of drug-likeness (QED) is 0.778. The van der Waals surface area contributed by atoms with E-state index in [9.17, 15) is 9.90 Å². The number of rotatable bonds is 2. The van der Waals surface area contributed by atoms with Crippen molar-refractivity contribution in [3.05, 3.63) is 0 Å². The van der Waals surface area contributed by atoms with Crippen LogP contribution in [-0.4, -0.2) is 35.4 Å². The van der Waals surface area contributed by atoms with E-state index in [0.29, 0.717) is 18.8 Å². The number of aliphatic hydroxyl groups is 1. The number of nitrogens with one attached hydrogen (secondary N) is 1. The highest BCUT2D eigenvalue weighted by atomic mass is 16.5. The van der Waals surface area contributed by atoms with Crippen LogP contribution in [0, 0.1) is 11.3 Å². The summed E-state index contributed by atoms with van der Waals surface area (Å²) >= 11 is 0. The molecule has 1 amide bonds. The van der Waals surface area contributed by atoms with Gasteiger partial charge in [-0.1, -0.05) is 13.8 Å². The second-order valence-corrected chi connectivity index (χ2v) is 6.76. The van der Waals surface area contributed by atoms with E-state index >= 15 is 0 Å². The first-order valence-electron chi connectivity index (χ1n) is 7.10. The Labute approximate surface area is 108 Å². The summed E-state index contributed by atoms with van der Waals surface area (Å²) in [5.41, 5.74) is -1.12. The smallest absolute Gasteiger partial charge is 0.252 e. The predicted octanol–water partition coefficient (Wildman–Crippen LogP) is 1.22. The molecule has 3 atom stereocenters. The maximum Gasteiger partial charge on any atom is 0.252 e. The van der Waals surface area contributed by atoms with Crippen LogP contribution in [0.1, 0.15) is 46.0 Å². The highest BCUT2D eigenvalue weighted by molar-refractivity contribution is 5.85. The topological polar surface area (TPSA) is 58.6 Å². The van der Waals surface area contributed by atoms with Gasteiger partial charge < -0.3 is 15.2 Å². The highest BCUT2D eigenvalue weighted by Crippen LogP contribution is 2.52. The van der Waals surface area contributed by atoms with E-state index in [4.69, 9.17) is 4.74 Å². The minimum Gasteiger partial charge on any atom is -0.380 e. The molecule has 1 saturated heterocycles. The summed E-state index contributed by atoms with van der Waals surface area (Å²) in [5, 5.41) is 13.4. The Kier molecular flexibility index (Phi) is 2.72. The molecule has 0 radical (unpaired) electrons. The van der Waals surface area contributed by atoms with Crippen molar-refractivity contribution in [2.24, 2.45) is 11.3 Å². The van der Waals surface area contributed by atoms with Crippen molar-refractivity contribution in [2.75, 3.05) is 6.61 Å². The number of hydrogen-bond acceptors (Lipinski definition) is 3. The molecule has 102 valence electrons. The number of fused-ring (bicyclic) bond motifs is 1. The monoisotopic (exact) mass is 253 g/mol. The molecule has 0 aromatic heterocycles. The molecule has 3 rings (SSSR count). The van der Waals surface area contributed by atoms with Gasteiger partial charge in [-0.05, 0) is 32.1 Å². The van der Waals surface area contributed by atoms with Gasteiger partial charge in [-0.25, -0.2) is 0 Å². The first kappa shape index (κ1) is 12.4. The Hall–Kier alpha value is -0.610. The standard InChI is InChI=1S/C14H23NO3/c1-13(2)10(9-5-8-18-11(9)13)15-12(16)14(17)6-3-4-7-14/h9-11,17H,3-8H2,1-2H3,(H,15,16). The van der Waals surface area contributed by atoms with Crippen molar-refractivity contribution in [1.29, 1.82) is 0 Å². The van der Waals surface area contributed by atoms with E-state index in [-0.39, 0.29) is 23.5 Å². The minimum atomic E-state index is -1.11. The molecule has 4 nitrogen and oxygen atoms in total. The fourth-order valence-electron chi connectivity index (χ4n) is 4.08. The highest BCUT2D eigenvalue weighted by Gasteiger charge is 2.60. The van der Waals surface area contributed by atoms with Gasteiger partial charge in [0, 0.05) is 24.0 Å². The van der Waals surface area contributed by atoms with E-state index in [1.165, 1.54) is 0 Å². The third-order valence-corrected chi connectivity index (χ3v) is 5.24. The van der Waals surface area contributed by atoms with Crippen molar-refractivity contribution in [2.45, 2.75) is 63.7 Å². The van der Waals surface area contributed by atoms with E-state index < -0.39 is 5.60 Å². The molecule has 0 bridgehead atoms. The van der Waals surface area contributed by atoms with Gasteiger partial charge in [0.05, 0.1) is 6.10 Å². The zero-order chi connectivity index (χ0) is 13.0. The number of amides is 1. The maximum atomic E-state index is 12.2. The van der Waals surface area contributed by atoms with Gasteiger partial charge in [-0.15, -0.1) is 0 Å². The summed E-state index contributed by atoms with van der Waals surface area (Å²) in [6, 6.07) is 0.155. The van der Waals surface area contributed by atoms with E-state index in [0.717, 1.165) is 25.9 Å². The Morgan fingerprint density at radius 1 is 1.33 bits per heavy atom. The lowest BCUT2D eigenvalue weighted by molar-refractivity contribution is -0.152. The molecule has 3 aliphatic rings. The van der Waals surface area contributed by atoms with Crippen molar-refractivity contribution < 1.29 is 14.6 Å². The van der Waals surface area contributed by atoms with E-state index in [2.05, 4.69) is 19.2 Å². The van der Waals surface area contributed by atoms with E-state index in [1.807, 2.05) is 0 Å². The fourth-order valence-corrected chi connectivity index (χ4v) is 4.08. The predicted molar refractivity (Wildman–Crippen MR) is 67.0 cm³/mol. The van der Waals surface area contributed by atoms with Gasteiger partial charge in [0.1, 0.15) is 5.60 Å². The van der Waals surface area contributed by atoms with Gasteiger partial charge in [-0.3, -0.25) is 4.79 Å². The molecule has 3 fully saturated rings. The number of ether oxygens (including phenoxy) is 1. The molecular weight excluding hydrogens is 230 g/mol. The molecule has 3 unspecified atom stereocenters. The van der Waals surface area contributed by atoms with Crippen LogP contribution >= 0.6 is 0 Å². The second kappa shape index (κ2) is 3.94. The first-order valence-corrected chi connectivity index (χ1v) is 7.10. The molecule has 2 aliphatic carbocycles. The Morgan fingerprint density at radius 2 is 2.00 bits per heavy atom. The third kappa shape index (κ3) is 1.62. The average molecular weight is 253 g/mol. The van der Waals surface area contributed by atoms with Crippen LogP contribution in [0.2, 0.25) is 0 Å². The summed E-state index contributed by atoms with van der Waals surface area (Å²) in [7, 11) is 0. The van der Waals surface area contributed by atoms with E-state index in [1.54, 1.807) is 0 Å². The van der Waals surface area contributed by atoms with Crippen molar-refractivity contribution in [3.8, 4) is 0 Å². The molecule has 1 aliphatic heterocycles. The lowest BCUT2D eigenvalue weighted by Gasteiger charge is -2.55. The van der Waals surface area contributed by atoms with Crippen LogP contribution in [0.4, 0.5) is 0 Å². The molecule has 4 heteroatoms. The van der Waals surface area contributed by atoms with Gasteiger partial charge >= 0.3 is 0 Å². The van der Waals surface area contributed by atoms with Crippen molar-refractivity contribution >= 4 is 5.91 Å². The van der Waals surface area contributed by atoms with Crippen LogP contribution in [-0.2, 0) is 9.53 Å². The van der Waals surface area contributed by atoms with Gasteiger partial charge in [0.25, 0.3) is 5.91 Å². The number of carbonyl (C=O) groups excluding carboxylic acids is 1. The molecule has 0 spiro atoms. The molecular formula is C14H23NO3. The van der Waals surface area contributed by atoms with Crippen molar-refractivity contribution in [3.63, 3.8) is 0 Å². The Morgan fingerprint density at radius 3 is 2.67 bits per heavy atom. The summed E-state index contributed by atoms with van der Waals surface area (Å²) in [4.78, 5) is 12.2. The lowest BCUT2D eigenvalue weighted by Crippen LogP contribution is -2.68. The maximum absolute atomic E-state index is 12.2. The lowest BCUT2D eigenvalue weighted by atomic mass is 9.57. The summed E-state index contributed by atoms with van der Waals surface area (Å²) in [5.74, 6) is 0.275. The first-order chi connectivity index (χ1) is 8.45. The van der Waals surface area contributed by atoms with Crippen LogP contribution in [0.5, 0.6) is 0 Å². The summed E-state index contributed by atoms with van der Waals surface area (Å²) < 4.78 is 5.72. The zero-order valence-electron chi connectivity index (χ0n) is 11.2. The summed E-state index contributed by atoms with van der Waals surface area (Å²) in [6.07, 6.45) is 4.42. The SMILES string of the molecule is CC1(C)C(NC(=O)C2(O)CCCC2)C2CCOC21. The third-order valence-electron chi connectivity index (χ3n) is 5.24. The number of carbonyl (C=O) groups is 1. The summed E-state index contributed by atoms with van der Waals surface area (Å²) in [6.45, 7) is 5.08. The Bertz CT molecular complexity index is 360. The molecule has 1 heterocycles. The molecule has 0 aromatic rings. The molecule has 2 N–H and O–H groups in total. The fraction of sp³-hybridized carbons (Fsp3) is 0.929. The molecule has 18 heavy (non-hydrogen) atoms.